The quantitative estimate of drug-likeness (QED) is 0.873. The van der Waals surface area contributed by atoms with E-state index in [0.717, 1.165) is 30.7 Å². The zero-order chi connectivity index (χ0) is 13.0. The second kappa shape index (κ2) is 3.69. The molecule has 0 unspecified atom stereocenters. The van der Waals surface area contributed by atoms with Crippen LogP contribution in [0.3, 0.4) is 0 Å². The highest BCUT2D eigenvalue weighted by Crippen LogP contribution is 2.49. The summed E-state index contributed by atoms with van der Waals surface area (Å²) in [7, 11) is 1.43. The molecular formula is C11H15F3N4. The Bertz CT molecular complexity index is 453. The second-order valence-electron chi connectivity index (χ2n) is 5.56. The molecule has 1 saturated carbocycles. The molecule has 1 saturated heterocycles. The van der Waals surface area contributed by atoms with Crippen molar-refractivity contribution < 1.29 is 13.2 Å². The Morgan fingerprint density at radius 2 is 2.00 bits per heavy atom. The van der Waals surface area contributed by atoms with Crippen molar-refractivity contribution in [2.24, 2.45) is 18.4 Å². The fraction of sp³-hybridized carbons (Fsp3) is 0.818. The Kier molecular flexibility index (Phi) is 2.45. The summed E-state index contributed by atoms with van der Waals surface area (Å²) < 4.78 is 38.2. The molecule has 2 heterocycles. The maximum absolute atomic E-state index is 12.7. The van der Waals surface area contributed by atoms with Crippen LogP contribution in [0.2, 0.25) is 0 Å². The van der Waals surface area contributed by atoms with Crippen LogP contribution in [0.1, 0.15) is 24.2 Å². The molecule has 0 amide bonds. The van der Waals surface area contributed by atoms with Crippen molar-refractivity contribution in [1.82, 2.24) is 20.3 Å². The van der Waals surface area contributed by atoms with Gasteiger partial charge in [0.2, 0.25) is 0 Å². The average Bonchev–Trinajstić information content (AvgIpc) is 2.48. The van der Waals surface area contributed by atoms with Gasteiger partial charge in [0.05, 0.1) is 5.69 Å². The lowest BCUT2D eigenvalue weighted by Gasteiger charge is -2.54. The van der Waals surface area contributed by atoms with Gasteiger partial charge in [-0.15, -0.1) is 5.10 Å². The number of nitrogens with one attached hydrogen (secondary N) is 1. The van der Waals surface area contributed by atoms with Gasteiger partial charge in [-0.3, -0.25) is 0 Å². The largest absolute Gasteiger partial charge is 0.437 e. The fourth-order valence-corrected chi connectivity index (χ4v) is 3.15. The smallest absolute Gasteiger partial charge is 0.316 e. The van der Waals surface area contributed by atoms with Crippen LogP contribution in [0.4, 0.5) is 13.2 Å². The molecule has 1 aromatic heterocycles. The Hall–Kier alpha value is -1.11. The first kappa shape index (κ1) is 12.0. The molecule has 0 aromatic carbocycles. The summed E-state index contributed by atoms with van der Waals surface area (Å²) >= 11 is 0. The van der Waals surface area contributed by atoms with Gasteiger partial charge in [0.1, 0.15) is 0 Å². The lowest BCUT2D eigenvalue weighted by Crippen LogP contribution is -2.60. The Labute approximate surface area is 103 Å². The number of nitrogens with zero attached hydrogens (tertiary/aromatic N) is 3. The van der Waals surface area contributed by atoms with Gasteiger partial charge in [0.25, 0.3) is 0 Å². The van der Waals surface area contributed by atoms with Crippen LogP contribution in [0, 0.1) is 11.3 Å². The molecule has 1 aliphatic heterocycles. The van der Waals surface area contributed by atoms with Gasteiger partial charge in [0, 0.05) is 20.1 Å². The van der Waals surface area contributed by atoms with Crippen molar-refractivity contribution in [1.29, 1.82) is 0 Å². The third kappa shape index (κ3) is 1.90. The summed E-state index contributed by atoms with van der Waals surface area (Å²) in [6, 6.07) is 0. The Morgan fingerprint density at radius 3 is 2.50 bits per heavy atom. The first-order chi connectivity index (χ1) is 8.38. The Morgan fingerprint density at radius 1 is 1.33 bits per heavy atom. The molecule has 1 aromatic rings. The topological polar surface area (TPSA) is 42.7 Å². The molecule has 3 rings (SSSR count). The Balaban J connectivity index is 1.69. The van der Waals surface area contributed by atoms with E-state index in [4.69, 9.17) is 0 Å². The molecular weight excluding hydrogens is 245 g/mol. The number of halogens is 3. The van der Waals surface area contributed by atoms with E-state index in [1.54, 1.807) is 0 Å². The van der Waals surface area contributed by atoms with Crippen molar-refractivity contribution in [2.45, 2.75) is 25.4 Å². The first-order valence-corrected chi connectivity index (χ1v) is 6.06. The number of aryl methyl sites for hydroxylation is 1. The molecule has 0 radical (unpaired) electrons. The van der Waals surface area contributed by atoms with E-state index < -0.39 is 11.9 Å². The number of hydrogen-bond donors (Lipinski definition) is 1. The lowest BCUT2D eigenvalue weighted by atomic mass is 9.57. The van der Waals surface area contributed by atoms with E-state index in [1.165, 1.54) is 7.05 Å². The first-order valence-electron chi connectivity index (χ1n) is 6.06. The normalized spacial score (nSPS) is 22.9. The summed E-state index contributed by atoms with van der Waals surface area (Å²) in [5, 5.41) is 10.5. The number of alkyl halides is 3. The summed E-state index contributed by atoms with van der Waals surface area (Å²) in [6.07, 6.45) is -1.99. The summed E-state index contributed by atoms with van der Waals surface area (Å²) in [5.74, 6) is 0.324. The molecule has 2 aliphatic rings. The maximum Gasteiger partial charge on any atom is 0.437 e. The number of aromatic nitrogens is 3. The van der Waals surface area contributed by atoms with Crippen LogP contribution in [0.25, 0.3) is 0 Å². The highest BCUT2D eigenvalue weighted by Gasteiger charge is 2.49. The number of rotatable bonds is 2. The van der Waals surface area contributed by atoms with Crippen LogP contribution in [-0.4, -0.2) is 28.1 Å². The van der Waals surface area contributed by atoms with Gasteiger partial charge in [-0.25, -0.2) is 0 Å². The molecule has 0 bridgehead atoms. The van der Waals surface area contributed by atoms with Crippen molar-refractivity contribution in [2.75, 3.05) is 13.1 Å². The van der Waals surface area contributed by atoms with Crippen LogP contribution >= 0.6 is 0 Å². The standard InChI is InChI=1S/C11H15F3N4/c1-18-16-8(9(17-18)11(12,13)14)2-7-3-10(4-7)5-15-6-10/h7,15H,2-6H2,1H3. The van der Waals surface area contributed by atoms with Crippen LogP contribution in [0.15, 0.2) is 0 Å². The minimum atomic E-state index is -4.40. The molecule has 1 spiro atoms. The minimum absolute atomic E-state index is 0.0946. The zero-order valence-electron chi connectivity index (χ0n) is 10.1. The number of hydrogen-bond acceptors (Lipinski definition) is 3. The zero-order valence-corrected chi connectivity index (χ0v) is 10.1. The molecule has 100 valence electrons. The van der Waals surface area contributed by atoms with Crippen molar-refractivity contribution in [3.63, 3.8) is 0 Å². The minimum Gasteiger partial charge on any atom is -0.316 e. The SMILES string of the molecule is Cn1nc(CC2CC3(CNC3)C2)c(C(F)(F)F)n1. The predicted octanol–water partition coefficient (Wildman–Crippen LogP) is 1.38. The molecule has 2 fully saturated rings. The van der Waals surface area contributed by atoms with Crippen LogP contribution < -0.4 is 5.32 Å². The predicted molar refractivity (Wildman–Crippen MR) is 57.7 cm³/mol. The third-order valence-electron chi connectivity index (χ3n) is 3.98. The van der Waals surface area contributed by atoms with E-state index in [0.29, 0.717) is 17.8 Å². The van der Waals surface area contributed by atoms with Gasteiger partial charge in [-0.2, -0.15) is 23.1 Å². The molecule has 18 heavy (non-hydrogen) atoms. The second-order valence-corrected chi connectivity index (χ2v) is 5.56. The van der Waals surface area contributed by atoms with E-state index in [9.17, 15) is 13.2 Å². The highest BCUT2D eigenvalue weighted by molar-refractivity contribution is 5.15. The fourth-order valence-electron chi connectivity index (χ4n) is 3.15. The molecule has 7 heteroatoms. The lowest BCUT2D eigenvalue weighted by molar-refractivity contribution is -0.142. The van der Waals surface area contributed by atoms with Crippen molar-refractivity contribution in [3.8, 4) is 0 Å². The van der Waals surface area contributed by atoms with E-state index >= 15 is 0 Å². The van der Waals surface area contributed by atoms with Gasteiger partial charge in [-0.1, -0.05) is 0 Å². The summed E-state index contributed by atoms with van der Waals surface area (Å²) in [4.78, 5) is 1.01. The van der Waals surface area contributed by atoms with Gasteiger partial charge in [-0.05, 0) is 30.6 Å². The maximum atomic E-state index is 12.7. The van der Waals surface area contributed by atoms with Gasteiger partial charge >= 0.3 is 6.18 Å². The van der Waals surface area contributed by atoms with Gasteiger partial charge in [0.15, 0.2) is 5.69 Å². The summed E-state index contributed by atoms with van der Waals surface area (Å²) in [5.41, 5.74) is -0.347. The molecule has 1 N–H and O–H groups in total. The molecule has 1 aliphatic carbocycles. The highest BCUT2D eigenvalue weighted by atomic mass is 19.4. The van der Waals surface area contributed by atoms with E-state index in [2.05, 4.69) is 15.5 Å². The van der Waals surface area contributed by atoms with Crippen LogP contribution in [-0.2, 0) is 19.6 Å². The van der Waals surface area contributed by atoms with E-state index in [1.807, 2.05) is 0 Å². The third-order valence-corrected chi connectivity index (χ3v) is 3.98. The molecule has 0 atom stereocenters. The average molecular weight is 260 g/mol. The van der Waals surface area contributed by atoms with E-state index in [-0.39, 0.29) is 5.69 Å². The van der Waals surface area contributed by atoms with Crippen LogP contribution in [0.5, 0.6) is 0 Å². The van der Waals surface area contributed by atoms with Crippen molar-refractivity contribution in [3.05, 3.63) is 11.4 Å². The summed E-state index contributed by atoms with van der Waals surface area (Å²) in [6.45, 7) is 2.02. The van der Waals surface area contributed by atoms with Crippen molar-refractivity contribution >= 4 is 0 Å². The molecule has 4 nitrogen and oxygen atoms in total. The monoisotopic (exact) mass is 260 g/mol. The van der Waals surface area contributed by atoms with Gasteiger partial charge < -0.3 is 5.32 Å².